The van der Waals surface area contributed by atoms with Crippen LogP contribution in [0.3, 0.4) is 0 Å². The first-order valence-electron chi connectivity index (χ1n) is 14.9. The summed E-state index contributed by atoms with van der Waals surface area (Å²) in [7, 11) is 0. The number of amidine groups is 1. The maximum Gasteiger partial charge on any atom is 0.122 e. The number of hydrogen-bond acceptors (Lipinski definition) is 3. The number of anilines is 1. The van der Waals surface area contributed by atoms with Crippen LogP contribution in [0, 0.1) is 12.3 Å². The largest absolute Gasteiger partial charge is 0.404 e. The van der Waals surface area contributed by atoms with E-state index in [2.05, 4.69) is 91.9 Å². The quantitative estimate of drug-likeness (QED) is 0.0698. The predicted octanol–water partition coefficient (Wildman–Crippen LogP) is 9.60. The van der Waals surface area contributed by atoms with E-state index in [0.717, 1.165) is 22.4 Å². The number of allylic oxidation sites excluding steroid dienone is 3. The van der Waals surface area contributed by atoms with Gasteiger partial charge < -0.3 is 17.2 Å². The lowest BCUT2D eigenvalue weighted by molar-refractivity contribution is 1.42. The van der Waals surface area contributed by atoms with E-state index in [-0.39, 0.29) is 5.84 Å². The lowest BCUT2D eigenvalue weighted by atomic mass is 9.91. The Balaban J connectivity index is 0.000000234. The van der Waals surface area contributed by atoms with Crippen LogP contribution in [0.15, 0.2) is 164 Å². The Morgan fingerprint density at radius 2 is 1.04 bits per heavy atom. The van der Waals surface area contributed by atoms with Crippen LogP contribution < -0.4 is 17.2 Å². The molecule has 224 valence electrons. The molecule has 0 aliphatic heterocycles. The van der Waals surface area contributed by atoms with Crippen molar-refractivity contribution in [2.75, 3.05) is 5.73 Å². The number of hydrogen-bond donors (Lipinski definition) is 4. The number of rotatable bonds is 5. The molecule has 4 heteroatoms. The van der Waals surface area contributed by atoms with Gasteiger partial charge in [0.1, 0.15) is 5.84 Å². The van der Waals surface area contributed by atoms with Gasteiger partial charge in [0.2, 0.25) is 0 Å². The minimum atomic E-state index is 0.121. The van der Waals surface area contributed by atoms with Gasteiger partial charge in [-0.25, -0.2) is 0 Å². The molecule has 0 atom stereocenters. The number of fused-ring (bicyclic) bond motifs is 1. The second kappa shape index (κ2) is 16.1. The SMILES string of the molecule is C/C=C\C(=C/N)c1ccc(-c2ccc(-c3ccc(C)cc3)c3ccccc23)cc1.N=C(N)c1ccccc1.Nc1ccccc1. The molecule has 4 nitrogen and oxygen atoms in total. The van der Waals surface area contributed by atoms with E-state index in [1.54, 1.807) is 6.20 Å². The molecular weight excluding hydrogens is 548 g/mol. The van der Waals surface area contributed by atoms with Crippen LogP contribution in [0.1, 0.15) is 23.6 Å². The van der Waals surface area contributed by atoms with E-state index in [4.69, 9.17) is 22.6 Å². The predicted molar refractivity (Wildman–Crippen MR) is 195 cm³/mol. The van der Waals surface area contributed by atoms with Crippen molar-refractivity contribution in [2.45, 2.75) is 13.8 Å². The van der Waals surface area contributed by atoms with Gasteiger partial charge in [-0.05, 0) is 70.1 Å². The molecule has 0 aromatic heterocycles. The summed E-state index contributed by atoms with van der Waals surface area (Å²) in [5, 5.41) is 9.55. The van der Waals surface area contributed by atoms with Gasteiger partial charge in [-0.2, -0.15) is 0 Å². The topological polar surface area (TPSA) is 102 Å². The lowest BCUT2D eigenvalue weighted by Crippen LogP contribution is -2.10. The van der Waals surface area contributed by atoms with Crippen LogP contribution in [0.4, 0.5) is 5.69 Å². The maximum absolute atomic E-state index is 7.01. The monoisotopic (exact) mass is 588 g/mol. The number of nitrogen functional groups attached to an aromatic ring is 2. The third-order valence-corrected chi connectivity index (χ3v) is 7.23. The maximum atomic E-state index is 7.01. The molecule has 0 spiro atoms. The third kappa shape index (κ3) is 8.82. The highest BCUT2D eigenvalue weighted by molar-refractivity contribution is 6.05. The summed E-state index contributed by atoms with van der Waals surface area (Å²) in [6.45, 7) is 4.12. The van der Waals surface area contributed by atoms with Crippen LogP contribution in [0.2, 0.25) is 0 Å². The number of benzene rings is 6. The molecule has 6 aromatic carbocycles. The number of aryl methyl sites for hydroxylation is 1. The van der Waals surface area contributed by atoms with Crippen LogP contribution in [-0.4, -0.2) is 5.84 Å². The van der Waals surface area contributed by atoms with E-state index in [1.165, 1.54) is 38.6 Å². The average Bonchev–Trinajstić information content (AvgIpc) is 3.08. The Morgan fingerprint density at radius 3 is 1.44 bits per heavy atom. The molecule has 0 bridgehead atoms. The number of para-hydroxylation sites is 1. The third-order valence-electron chi connectivity index (χ3n) is 7.23. The van der Waals surface area contributed by atoms with Gasteiger partial charge in [0.15, 0.2) is 0 Å². The fourth-order valence-electron chi connectivity index (χ4n) is 4.88. The van der Waals surface area contributed by atoms with E-state index in [1.807, 2.05) is 79.7 Å². The molecular formula is C41H40N4. The first-order valence-corrected chi connectivity index (χ1v) is 14.9. The van der Waals surface area contributed by atoms with Gasteiger partial charge in [-0.1, -0.05) is 151 Å². The smallest absolute Gasteiger partial charge is 0.122 e. The van der Waals surface area contributed by atoms with Gasteiger partial charge in [-0.3, -0.25) is 5.41 Å². The second-order valence-electron chi connectivity index (χ2n) is 10.5. The Kier molecular flexibility index (Phi) is 11.5. The van der Waals surface area contributed by atoms with E-state index in [0.29, 0.717) is 0 Å². The molecule has 0 aliphatic carbocycles. The molecule has 6 rings (SSSR count). The highest BCUT2D eigenvalue weighted by Gasteiger charge is 2.09. The van der Waals surface area contributed by atoms with Gasteiger partial charge in [0.25, 0.3) is 0 Å². The summed E-state index contributed by atoms with van der Waals surface area (Å²) in [5.41, 5.74) is 26.3. The lowest BCUT2D eigenvalue weighted by Gasteiger charge is -2.13. The molecule has 7 N–H and O–H groups in total. The van der Waals surface area contributed by atoms with Gasteiger partial charge >= 0.3 is 0 Å². The summed E-state index contributed by atoms with van der Waals surface area (Å²) in [5.74, 6) is 0.121. The van der Waals surface area contributed by atoms with Gasteiger partial charge in [-0.15, -0.1) is 0 Å². The standard InChI is InChI=1S/C28H25N.C7H8N2.C6H7N/c1-3-6-24(19-29)21-13-15-23(16-14-21)26-18-17-25(22-11-9-20(2)10-12-22)27-7-4-5-8-28(26)27;8-7(9)6-4-2-1-3-5-6;7-6-4-2-1-3-5-6/h3-19H,29H2,1-2H3;1-5H,(H3,8,9);1-5H,7H2/b6-3-,24-19+;;. The Hall–Kier alpha value is -5.87. The second-order valence-corrected chi connectivity index (χ2v) is 10.5. The fraction of sp³-hybridized carbons (Fsp3) is 0.0488. The van der Waals surface area contributed by atoms with Crippen molar-refractivity contribution >= 4 is 27.9 Å². The molecule has 0 radical (unpaired) electrons. The van der Waals surface area contributed by atoms with Crippen molar-refractivity contribution in [1.82, 2.24) is 0 Å². The summed E-state index contributed by atoms with van der Waals surface area (Å²) >= 11 is 0. The Labute approximate surface area is 266 Å². The molecule has 0 saturated carbocycles. The normalized spacial score (nSPS) is 10.8. The van der Waals surface area contributed by atoms with Crippen molar-refractivity contribution < 1.29 is 0 Å². The first kappa shape index (κ1) is 32.1. The van der Waals surface area contributed by atoms with Crippen molar-refractivity contribution in [3.05, 3.63) is 181 Å². The van der Waals surface area contributed by atoms with Crippen LogP contribution in [0.5, 0.6) is 0 Å². The molecule has 0 fully saturated rings. The van der Waals surface area contributed by atoms with Crippen molar-refractivity contribution in [3.63, 3.8) is 0 Å². The zero-order valence-electron chi connectivity index (χ0n) is 25.8. The molecule has 0 heterocycles. The first-order chi connectivity index (χ1) is 21.9. The Bertz CT molecular complexity index is 1870. The van der Waals surface area contributed by atoms with Crippen molar-refractivity contribution in [1.29, 1.82) is 5.41 Å². The zero-order valence-corrected chi connectivity index (χ0v) is 25.8. The van der Waals surface area contributed by atoms with E-state index < -0.39 is 0 Å². The van der Waals surface area contributed by atoms with E-state index in [9.17, 15) is 0 Å². The van der Waals surface area contributed by atoms with Crippen LogP contribution in [0.25, 0.3) is 38.6 Å². The highest BCUT2D eigenvalue weighted by Crippen LogP contribution is 2.36. The van der Waals surface area contributed by atoms with Crippen molar-refractivity contribution in [2.24, 2.45) is 11.5 Å². The molecule has 0 saturated heterocycles. The molecule has 45 heavy (non-hydrogen) atoms. The molecule has 0 unspecified atom stereocenters. The molecule has 6 aromatic rings. The summed E-state index contributed by atoms with van der Waals surface area (Å²) in [6.07, 6.45) is 5.69. The average molecular weight is 589 g/mol. The minimum Gasteiger partial charge on any atom is -0.404 e. The minimum absolute atomic E-state index is 0.121. The summed E-state index contributed by atoms with van der Waals surface area (Å²) in [6, 6.07) is 49.2. The zero-order chi connectivity index (χ0) is 32.0. The van der Waals surface area contributed by atoms with Crippen molar-refractivity contribution in [3.8, 4) is 22.3 Å². The summed E-state index contributed by atoms with van der Waals surface area (Å²) < 4.78 is 0. The Morgan fingerprint density at radius 1 is 0.578 bits per heavy atom. The summed E-state index contributed by atoms with van der Waals surface area (Å²) in [4.78, 5) is 0. The van der Waals surface area contributed by atoms with E-state index >= 15 is 0 Å². The van der Waals surface area contributed by atoms with Gasteiger partial charge in [0.05, 0.1) is 0 Å². The molecule has 0 aliphatic rings. The molecule has 0 amide bonds. The number of nitrogens with two attached hydrogens (primary N) is 3. The van der Waals surface area contributed by atoms with Crippen LogP contribution in [-0.2, 0) is 0 Å². The number of nitrogens with one attached hydrogen (secondary N) is 1. The fourth-order valence-corrected chi connectivity index (χ4v) is 4.88. The van der Waals surface area contributed by atoms with Crippen LogP contribution >= 0.6 is 0 Å². The highest BCUT2D eigenvalue weighted by atomic mass is 14.7. The van der Waals surface area contributed by atoms with Gasteiger partial charge in [0, 0.05) is 17.5 Å².